The van der Waals surface area contributed by atoms with Gasteiger partial charge in [0.25, 0.3) is 11.5 Å². The van der Waals surface area contributed by atoms with Crippen molar-refractivity contribution in [3.05, 3.63) is 69.4 Å². The van der Waals surface area contributed by atoms with Crippen LogP contribution in [0.1, 0.15) is 35.3 Å². The van der Waals surface area contributed by atoms with Crippen molar-refractivity contribution in [1.29, 1.82) is 0 Å². The van der Waals surface area contributed by atoms with Crippen LogP contribution >= 0.6 is 0 Å². The molecule has 3 N–H and O–H groups in total. The standard InChI is InChI=1S/C18H15N3O4/c1-19-12-5-2-4-11(10-12)15(22)20-13-6-7-14(21-16(13)23)18(17(24)25)8-3-9-18/h2,4-7,10H,3,8-9H2,(H,20,22)(H,21,23)(H,24,25). The molecule has 1 aliphatic carbocycles. The topological polar surface area (TPSA) is 104 Å². The molecule has 7 nitrogen and oxygen atoms in total. The first-order chi connectivity index (χ1) is 12.0. The maximum absolute atomic E-state index is 12.2. The van der Waals surface area contributed by atoms with Gasteiger partial charge in [-0.05, 0) is 31.0 Å². The Morgan fingerprint density at radius 3 is 2.56 bits per heavy atom. The van der Waals surface area contributed by atoms with Gasteiger partial charge >= 0.3 is 5.97 Å². The molecule has 1 fully saturated rings. The number of benzene rings is 1. The summed E-state index contributed by atoms with van der Waals surface area (Å²) >= 11 is 0. The molecule has 0 spiro atoms. The fourth-order valence-corrected chi connectivity index (χ4v) is 2.89. The van der Waals surface area contributed by atoms with E-state index in [1.807, 2.05) is 0 Å². The zero-order valence-electron chi connectivity index (χ0n) is 13.2. The Kier molecular flexibility index (Phi) is 4.11. The second-order valence-corrected chi connectivity index (χ2v) is 5.97. The maximum Gasteiger partial charge on any atom is 0.315 e. The Bertz CT molecular complexity index is 951. The van der Waals surface area contributed by atoms with Gasteiger partial charge in [-0.1, -0.05) is 24.6 Å². The van der Waals surface area contributed by atoms with Gasteiger partial charge < -0.3 is 15.4 Å². The molecule has 3 rings (SSSR count). The molecule has 0 saturated heterocycles. The number of carbonyl (C=O) groups excluding carboxylic acids is 1. The van der Waals surface area contributed by atoms with Crippen LogP contribution in [-0.2, 0) is 10.2 Å². The minimum absolute atomic E-state index is 0.0295. The molecular formula is C18H15N3O4. The number of anilines is 1. The number of amides is 1. The smallest absolute Gasteiger partial charge is 0.315 e. The number of aliphatic carboxylic acids is 1. The summed E-state index contributed by atoms with van der Waals surface area (Å²) in [7, 11) is 0. The lowest BCUT2D eigenvalue weighted by atomic mass is 9.66. The molecule has 1 amide bonds. The summed E-state index contributed by atoms with van der Waals surface area (Å²) in [4.78, 5) is 41.8. The van der Waals surface area contributed by atoms with Crippen molar-refractivity contribution in [2.24, 2.45) is 0 Å². The van der Waals surface area contributed by atoms with Crippen LogP contribution in [-0.4, -0.2) is 22.0 Å². The summed E-state index contributed by atoms with van der Waals surface area (Å²) in [6.07, 6.45) is 1.75. The van der Waals surface area contributed by atoms with Crippen LogP contribution in [0.15, 0.2) is 41.2 Å². The van der Waals surface area contributed by atoms with E-state index in [0.29, 0.717) is 24.2 Å². The summed E-state index contributed by atoms with van der Waals surface area (Å²) in [5.74, 6) is -1.47. The molecule has 1 saturated carbocycles. The highest BCUT2D eigenvalue weighted by atomic mass is 16.4. The molecule has 0 bridgehead atoms. The van der Waals surface area contributed by atoms with Crippen LogP contribution in [0.2, 0.25) is 0 Å². The highest BCUT2D eigenvalue weighted by molar-refractivity contribution is 6.04. The van der Waals surface area contributed by atoms with Gasteiger partial charge in [0.1, 0.15) is 11.1 Å². The molecule has 1 aliphatic rings. The molecule has 2 aromatic rings. The minimum atomic E-state index is -1.04. The van der Waals surface area contributed by atoms with Crippen molar-refractivity contribution in [2.45, 2.75) is 24.7 Å². The second-order valence-electron chi connectivity index (χ2n) is 5.97. The lowest BCUT2D eigenvalue weighted by Gasteiger charge is -2.37. The Morgan fingerprint density at radius 1 is 1.24 bits per heavy atom. The van der Waals surface area contributed by atoms with Crippen LogP contribution in [0.5, 0.6) is 0 Å². The van der Waals surface area contributed by atoms with Crippen LogP contribution in [0.3, 0.4) is 0 Å². The number of H-pyrrole nitrogens is 1. The fourth-order valence-electron chi connectivity index (χ4n) is 2.89. The Hall–Kier alpha value is -3.40. The Balaban J connectivity index is 1.85. The number of aromatic nitrogens is 1. The number of pyridine rings is 1. The summed E-state index contributed by atoms with van der Waals surface area (Å²) < 4.78 is 0. The number of nitrogens with zero attached hydrogens (tertiary/aromatic N) is 1. The van der Waals surface area contributed by atoms with Gasteiger partial charge in [0.05, 0.1) is 6.57 Å². The van der Waals surface area contributed by atoms with E-state index in [9.17, 15) is 19.5 Å². The number of aromatic amines is 1. The molecule has 7 heteroatoms. The SMILES string of the molecule is [C-]#[N+]c1cccc(C(=O)Nc2ccc(C3(C(=O)O)CCC3)[nH]c2=O)c1. The van der Waals surface area contributed by atoms with Crippen LogP contribution in [0.4, 0.5) is 11.4 Å². The van der Waals surface area contributed by atoms with Gasteiger partial charge in [-0.3, -0.25) is 14.4 Å². The number of carboxylic acid groups (broad SMARTS) is 1. The van der Waals surface area contributed by atoms with E-state index < -0.39 is 22.9 Å². The lowest BCUT2D eigenvalue weighted by Crippen LogP contribution is -2.44. The molecule has 1 aromatic carbocycles. The lowest BCUT2D eigenvalue weighted by molar-refractivity contribution is -0.147. The molecule has 0 radical (unpaired) electrons. The average molecular weight is 337 g/mol. The second kappa shape index (κ2) is 6.24. The maximum atomic E-state index is 12.2. The van der Waals surface area contributed by atoms with Crippen molar-refractivity contribution in [2.75, 3.05) is 5.32 Å². The monoisotopic (exact) mass is 337 g/mol. The minimum Gasteiger partial charge on any atom is -0.481 e. The summed E-state index contributed by atoms with van der Waals surface area (Å²) in [5.41, 5.74) is -0.625. The van der Waals surface area contributed by atoms with E-state index in [1.54, 1.807) is 18.2 Å². The molecule has 1 aromatic heterocycles. The van der Waals surface area contributed by atoms with Crippen LogP contribution in [0.25, 0.3) is 4.85 Å². The van der Waals surface area contributed by atoms with E-state index in [1.165, 1.54) is 18.2 Å². The number of nitrogens with one attached hydrogen (secondary N) is 2. The number of carbonyl (C=O) groups is 2. The van der Waals surface area contributed by atoms with Gasteiger partial charge in [-0.25, -0.2) is 4.85 Å². The number of carboxylic acids is 1. The van der Waals surface area contributed by atoms with Gasteiger partial charge in [0.2, 0.25) is 0 Å². The quantitative estimate of drug-likeness (QED) is 0.746. The first kappa shape index (κ1) is 16.5. The van der Waals surface area contributed by atoms with Crippen molar-refractivity contribution in [3.8, 4) is 0 Å². The van der Waals surface area contributed by atoms with Gasteiger partial charge in [0, 0.05) is 11.3 Å². The molecule has 0 unspecified atom stereocenters. The van der Waals surface area contributed by atoms with Gasteiger partial charge in [-0.2, -0.15) is 0 Å². The number of hydrogen-bond donors (Lipinski definition) is 3. The zero-order chi connectivity index (χ0) is 18.0. The third-order valence-electron chi connectivity index (χ3n) is 4.53. The fraction of sp³-hybridized carbons (Fsp3) is 0.222. The highest BCUT2D eigenvalue weighted by Crippen LogP contribution is 2.42. The molecule has 0 aliphatic heterocycles. The molecule has 126 valence electrons. The predicted octanol–water partition coefficient (Wildman–Crippen LogP) is 2.68. The van der Waals surface area contributed by atoms with Gasteiger partial charge in [-0.15, -0.1) is 0 Å². The predicted molar refractivity (Wildman–Crippen MR) is 90.9 cm³/mol. The molecule has 0 atom stereocenters. The van der Waals surface area contributed by atoms with E-state index in [0.717, 1.165) is 6.42 Å². The number of hydrogen-bond acceptors (Lipinski definition) is 3. The highest BCUT2D eigenvalue weighted by Gasteiger charge is 2.46. The van der Waals surface area contributed by atoms with Crippen LogP contribution < -0.4 is 10.9 Å². The molecule has 25 heavy (non-hydrogen) atoms. The average Bonchev–Trinajstić information content (AvgIpc) is 2.55. The molecule has 1 heterocycles. The molecular weight excluding hydrogens is 322 g/mol. The van der Waals surface area contributed by atoms with Crippen molar-refractivity contribution in [1.82, 2.24) is 4.98 Å². The van der Waals surface area contributed by atoms with Crippen molar-refractivity contribution >= 4 is 23.3 Å². The first-order valence-electron chi connectivity index (χ1n) is 7.72. The third-order valence-corrected chi connectivity index (χ3v) is 4.53. The Labute approximate surface area is 143 Å². The normalized spacial score (nSPS) is 14.8. The third kappa shape index (κ3) is 2.90. The first-order valence-corrected chi connectivity index (χ1v) is 7.72. The van der Waals surface area contributed by atoms with Gasteiger partial charge in [0.15, 0.2) is 5.69 Å². The van der Waals surface area contributed by atoms with E-state index in [2.05, 4.69) is 15.1 Å². The summed E-state index contributed by atoms with van der Waals surface area (Å²) in [5, 5.41) is 11.9. The summed E-state index contributed by atoms with van der Waals surface area (Å²) in [6, 6.07) is 9.07. The van der Waals surface area contributed by atoms with E-state index >= 15 is 0 Å². The summed E-state index contributed by atoms with van der Waals surface area (Å²) in [6.45, 7) is 6.97. The largest absolute Gasteiger partial charge is 0.481 e. The van der Waals surface area contributed by atoms with E-state index in [-0.39, 0.29) is 11.3 Å². The number of rotatable bonds is 4. The van der Waals surface area contributed by atoms with Crippen molar-refractivity contribution < 1.29 is 14.7 Å². The Morgan fingerprint density at radius 2 is 2.00 bits per heavy atom. The van der Waals surface area contributed by atoms with Crippen molar-refractivity contribution in [3.63, 3.8) is 0 Å². The zero-order valence-corrected chi connectivity index (χ0v) is 13.2. The van der Waals surface area contributed by atoms with Crippen LogP contribution in [0, 0.1) is 6.57 Å². The van der Waals surface area contributed by atoms with E-state index in [4.69, 9.17) is 6.57 Å².